The van der Waals surface area contributed by atoms with Gasteiger partial charge in [0.05, 0.1) is 11.7 Å². The van der Waals surface area contributed by atoms with Crippen LogP contribution >= 0.6 is 12.2 Å². The molecule has 5 heteroatoms. The number of hydrogen-bond donors (Lipinski definition) is 1. The molecule has 1 heterocycles. The van der Waals surface area contributed by atoms with Gasteiger partial charge in [-0.15, -0.1) is 5.10 Å². The van der Waals surface area contributed by atoms with Gasteiger partial charge in [0.1, 0.15) is 10.7 Å². The van der Waals surface area contributed by atoms with Crippen LogP contribution in [-0.4, -0.2) is 20.0 Å². The number of nitrogens with zero attached hydrogens (tertiary/aromatic N) is 3. The first-order valence-electron chi connectivity index (χ1n) is 6.41. The average molecular weight is 252 g/mol. The van der Waals surface area contributed by atoms with E-state index in [2.05, 4.69) is 24.2 Å². The highest BCUT2D eigenvalue weighted by Crippen LogP contribution is 2.34. The Labute approximate surface area is 108 Å². The van der Waals surface area contributed by atoms with Crippen LogP contribution < -0.4 is 5.73 Å². The molecule has 4 nitrogen and oxygen atoms in total. The van der Waals surface area contributed by atoms with Gasteiger partial charge in [0.2, 0.25) is 0 Å². The summed E-state index contributed by atoms with van der Waals surface area (Å²) in [6.07, 6.45) is 5.77. The van der Waals surface area contributed by atoms with Crippen molar-refractivity contribution in [3.05, 3.63) is 11.4 Å². The van der Waals surface area contributed by atoms with E-state index in [1.54, 1.807) is 0 Å². The van der Waals surface area contributed by atoms with E-state index in [0.717, 1.165) is 36.6 Å². The molecule has 17 heavy (non-hydrogen) atoms. The molecule has 0 unspecified atom stereocenters. The third-order valence-electron chi connectivity index (χ3n) is 3.49. The van der Waals surface area contributed by atoms with Crippen molar-refractivity contribution < 1.29 is 0 Å². The second kappa shape index (κ2) is 5.12. The Hall–Kier alpha value is -0.970. The van der Waals surface area contributed by atoms with E-state index in [4.69, 9.17) is 18.0 Å². The zero-order chi connectivity index (χ0) is 12.4. The topological polar surface area (TPSA) is 56.7 Å². The van der Waals surface area contributed by atoms with E-state index >= 15 is 0 Å². The summed E-state index contributed by atoms with van der Waals surface area (Å²) < 4.78 is 2.05. The molecule has 2 rings (SSSR count). The minimum Gasteiger partial charge on any atom is -0.388 e. The van der Waals surface area contributed by atoms with Crippen LogP contribution in [0, 0.1) is 5.92 Å². The van der Waals surface area contributed by atoms with Crippen LogP contribution in [0.3, 0.4) is 0 Å². The van der Waals surface area contributed by atoms with Gasteiger partial charge in [-0.2, -0.15) is 0 Å². The first-order valence-corrected chi connectivity index (χ1v) is 6.82. The molecule has 1 fully saturated rings. The number of hydrogen-bond acceptors (Lipinski definition) is 3. The fourth-order valence-corrected chi connectivity index (χ4v) is 2.38. The fourth-order valence-electron chi connectivity index (χ4n) is 2.22. The number of aromatic nitrogens is 3. The Balaban J connectivity index is 2.32. The molecule has 1 aliphatic carbocycles. The zero-order valence-corrected chi connectivity index (χ0v) is 11.3. The first kappa shape index (κ1) is 12.5. The highest BCUT2D eigenvalue weighted by molar-refractivity contribution is 7.80. The van der Waals surface area contributed by atoms with E-state index in [-0.39, 0.29) is 0 Å². The highest BCUT2D eigenvalue weighted by Gasteiger charge is 2.28. The van der Waals surface area contributed by atoms with Gasteiger partial charge in [0, 0.05) is 0 Å². The standard InChI is InChI=1S/C12H20N4S/c1-3-9(4-2)16-10(7-8-5-6-8)11(12(13)17)14-15-16/h8-9H,3-7H2,1-2H3,(H2,13,17). The maximum absolute atomic E-state index is 5.72. The molecule has 2 N–H and O–H groups in total. The monoisotopic (exact) mass is 252 g/mol. The van der Waals surface area contributed by atoms with Gasteiger partial charge < -0.3 is 5.73 Å². The van der Waals surface area contributed by atoms with Crippen LogP contribution in [0.1, 0.15) is 57.0 Å². The molecule has 0 atom stereocenters. The Bertz CT molecular complexity index is 405. The van der Waals surface area contributed by atoms with Gasteiger partial charge in [-0.25, -0.2) is 4.68 Å². The molecule has 1 saturated carbocycles. The summed E-state index contributed by atoms with van der Waals surface area (Å²) in [7, 11) is 0. The van der Waals surface area contributed by atoms with Crippen molar-refractivity contribution >= 4 is 17.2 Å². The Morgan fingerprint density at radius 1 is 1.47 bits per heavy atom. The summed E-state index contributed by atoms with van der Waals surface area (Å²) >= 11 is 5.06. The van der Waals surface area contributed by atoms with Gasteiger partial charge in [0.25, 0.3) is 0 Å². The lowest BCUT2D eigenvalue weighted by molar-refractivity contribution is 0.402. The molecule has 1 aliphatic rings. The summed E-state index contributed by atoms with van der Waals surface area (Å²) in [6.45, 7) is 4.36. The third kappa shape index (κ3) is 2.65. The molecule has 0 saturated heterocycles. The number of rotatable bonds is 6. The SMILES string of the molecule is CCC(CC)n1nnc(C(N)=S)c1CC1CC1. The van der Waals surface area contributed by atoms with E-state index in [9.17, 15) is 0 Å². The predicted octanol–water partition coefficient (Wildman–Crippen LogP) is 2.23. The second-order valence-corrected chi connectivity index (χ2v) is 5.25. The van der Waals surface area contributed by atoms with Gasteiger partial charge in [0.15, 0.2) is 0 Å². The maximum atomic E-state index is 5.72. The van der Waals surface area contributed by atoms with Crippen LogP contribution in [-0.2, 0) is 6.42 Å². The lowest BCUT2D eigenvalue weighted by Crippen LogP contribution is -2.17. The molecule has 0 aliphatic heterocycles. The molecule has 0 aromatic carbocycles. The minimum atomic E-state index is 0.373. The summed E-state index contributed by atoms with van der Waals surface area (Å²) in [5, 5.41) is 8.42. The van der Waals surface area contributed by atoms with Gasteiger partial charge in [-0.3, -0.25) is 0 Å². The third-order valence-corrected chi connectivity index (χ3v) is 3.69. The van der Waals surface area contributed by atoms with Crippen LogP contribution in [0.5, 0.6) is 0 Å². The summed E-state index contributed by atoms with van der Waals surface area (Å²) in [4.78, 5) is 0.373. The van der Waals surface area contributed by atoms with Crippen molar-refractivity contribution in [1.29, 1.82) is 0 Å². The quantitative estimate of drug-likeness (QED) is 0.789. The first-order chi connectivity index (χ1) is 8.17. The van der Waals surface area contributed by atoms with Crippen LogP contribution in [0.25, 0.3) is 0 Å². The average Bonchev–Trinajstić information content (AvgIpc) is 3.01. The Morgan fingerprint density at radius 2 is 2.12 bits per heavy atom. The predicted molar refractivity (Wildman–Crippen MR) is 72.0 cm³/mol. The zero-order valence-electron chi connectivity index (χ0n) is 10.5. The Morgan fingerprint density at radius 3 is 2.59 bits per heavy atom. The highest BCUT2D eigenvalue weighted by atomic mass is 32.1. The van der Waals surface area contributed by atoms with Crippen molar-refractivity contribution in [3.63, 3.8) is 0 Å². The lowest BCUT2D eigenvalue weighted by Gasteiger charge is -2.16. The largest absolute Gasteiger partial charge is 0.388 e. The van der Waals surface area contributed by atoms with Gasteiger partial charge in [-0.1, -0.05) is 31.3 Å². The Kier molecular flexibility index (Phi) is 3.76. The molecule has 0 radical (unpaired) electrons. The molecular formula is C12H20N4S. The minimum absolute atomic E-state index is 0.373. The number of nitrogens with two attached hydrogens (primary N) is 1. The van der Waals surface area contributed by atoms with Crippen LogP contribution in [0.15, 0.2) is 0 Å². The molecule has 1 aromatic rings. The second-order valence-electron chi connectivity index (χ2n) is 4.81. The number of thiocarbonyl (C=S) groups is 1. The summed E-state index contributed by atoms with van der Waals surface area (Å²) in [6, 6.07) is 0.416. The molecule has 0 spiro atoms. The van der Waals surface area contributed by atoms with Crippen molar-refractivity contribution in [1.82, 2.24) is 15.0 Å². The van der Waals surface area contributed by atoms with Crippen molar-refractivity contribution in [2.24, 2.45) is 11.7 Å². The smallest absolute Gasteiger partial charge is 0.143 e. The summed E-state index contributed by atoms with van der Waals surface area (Å²) in [5.74, 6) is 0.787. The van der Waals surface area contributed by atoms with E-state index < -0.39 is 0 Å². The van der Waals surface area contributed by atoms with E-state index in [1.165, 1.54) is 12.8 Å². The lowest BCUT2D eigenvalue weighted by atomic mass is 10.1. The molecule has 1 aromatic heterocycles. The van der Waals surface area contributed by atoms with Crippen molar-refractivity contribution in [2.45, 2.75) is 52.0 Å². The molecule has 0 amide bonds. The molecule has 0 bridgehead atoms. The van der Waals surface area contributed by atoms with Crippen LogP contribution in [0.4, 0.5) is 0 Å². The van der Waals surface area contributed by atoms with Crippen molar-refractivity contribution in [2.75, 3.05) is 0 Å². The summed E-state index contributed by atoms with van der Waals surface area (Å²) in [5.41, 5.74) is 7.60. The van der Waals surface area contributed by atoms with Gasteiger partial charge in [-0.05, 0) is 38.0 Å². The van der Waals surface area contributed by atoms with E-state index in [0.29, 0.717) is 11.0 Å². The fraction of sp³-hybridized carbons (Fsp3) is 0.750. The normalized spacial score (nSPS) is 15.5. The maximum Gasteiger partial charge on any atom is 0.143 e. The van der Waals surface area contributed by atoms with Gasteiger partial charge >= 0.3 is 0 Å². The molecule has 94 valence electrons. The molecular weight excluding hydrogens is 232 g/mol. The van der Waals surface area contributed by atoms with Crippen molar-refractivity contribution in [3.8, 4) is 0 Å². The van der Waals surface area contributed by atoms with E-state index in [1.807, 2.05) is 4.68 Å². The van der Waals surface area contributed by atoms with Crippen LogP contribution in [0.2, 0.25) is 0 Å².